The Balaban J connectivity index is 1.73. The lowest BCUT2D eigenvalue weighted by Gasteiger charge is -2.60. The Labute approximate surface area is 177 Å². The third-order valence-electron chi connectivity index (χ3n) is 8.81. The van der Waals surface area contributed by atoms with Crippen molar-refractivity contribution >= 4 is 17.5 Å². The number of Topliss-reactive ketones (excluding diaryl/α,β-unsaturated/α-hetero) is 1. The highest BCUT2D eigenvalue weighted by Crippen LogP contribution is 2.67. The maximum absolute atomic E-state index is 12.9. The van der Waals surface area contributed by atoms with Gasteiger partial charge in [0.1, 0.15) is 5.60 Å². The number of rotatable bonds is 3. The summed E-state index contributed by atoms with van der Waals surface area (Å²) in [5, 5.41) is 22.8. The van der Waals surface area contributed by atoms with Gasteiger partial charge in [0.2, 0.25) is 0 Å². The summed E-state index contributed by atoms with van der Waals surface area (Å²) < 4.78 is 4.89. The SMILES string of the molecule is CCOC(=O)C(=O)[C@@]1(O)CC[C@H]2[C@@H]3C[C@H](C)C4=CC(=O)C=C[C@]4(C)[C@H]3[C@@H](O)C[C@@]21C. The van der Waals surface area contributed by atoms with E-state index in [2.05, 4.69) is 13.8 Å². The number of hydrogen-bond donors (Lipinski definition) is 2. The second kappa shape index (κ2) is 6.86. The number of hydrogen-bond acceptors (Lipinski definition) is 6. The van der Waals surface area contributed by atoms with Crippen molar-refractivity contribution in [3.05, 3.63) is 23.8 Å². The second-order valence-corrected chi connectivity index (χ2v) is 10.2. The lowest BCUT2D eigenvalue weighted by Crippen LogP contribution is -2.63. The standard InChI is InChI=1S/C24H32O6/c1-5-30-21(28)20(27)24(29)9-7-16-15-10-13(2)17-11-14(25)6-8-22(17,3)19(15)18(26)12-23(16,24)4/h6,8,11,13,15-16,18-19,26,29H,5,7,9-10,12H2,1-4H3/t13-,15-,16-,18-,19+,22-,23-,24-/m0/s1. The zero-order valence-corrected chi connectivity index (χ0v) is 18.2. The van der Waals surface area contributed by atoms with E-state index in [-0.39, 0.29) is 48.9 Å². The van der Waals surface area contributed by atoms with Crippen LogP contribution in [0.15, 0.2) is 23.8 Å². The van der Waals surface area contributed by atoms with Crippen molar-refractivity contribution in [2.24, 2.45) is 34.5 Å². The predicted octanol–water partition coefficient (Wildman–Crippen LogP) is 2.37. The van der Waals surface area contributed by atoms with Crippen molar-refractivity contribution in [3.63, 3.8) is 0 Å². The minimum Gasteiger partial charge on any atom is -0.460 e. The largest absolute Gasteiger partial charge is 0.460 e. The quantitative estimate of drug-likeness (QED) is 0.541. The van der Waals surface area contributed by atoms with Gasteiger partial charge < -0.3 is 14.9 Å². The Hall–Kier alpha value is -1.79. The van der Waals surface area contributed by atoms with Gasteiger partial charge in [-0.1, -0.05) is 32.4 Å². The summed E-state index contributed by atoms with van der Waals surface area (Å²) in [7, 11) is 0. The van der Waals surface area contributed by atoms with Crippen LogP contribution in [0.25, 0.3) is 0 Å². The van der Waals surface area contributed by atoms with E-state index in [0.29, 0.717) is 6.42 Å². The van der Waals surface area contributed by atoms with Crippen molar-refractivity contribution in [2.75, 3.05) is 6.61 Å². The average Bonchev–Trinajstić information content (AvgIpc) is 2.94. The first-order chi connectivity index (χ1) is 14.0. The molecule has 4 aliphatic carbocycles. The van der Waals surface area contributed by atoms with E-state index in [1.165, 1.54) is 0 Å². The number of fused-ring (bicyclic) bond motifs is 5. The molecule has 3 saturated carbocycles. The number of allylic oxidation sites excluding steroid dienone is 4. The predicted molar refractivity (Wildman–Crippen MR) is 109 cm³/mol. The van der Waals surface area contributed by atoms with Crippen LogP contribution in [0.4, 0.5) is 0 Å². The Kier molecular flexibility index (Phi) is 4.90. The minimum atomic E-state index is -1.82. The van der Waals surface area contributed by atoms with Crippen molar-refractivity contribution < 1.29 is 29.3 Å². The number of aliphatic hydroxyl groups excluding tert-OH is 1. The van der Waals surface area contributed by atoms with Crippen molar-refractivity contribution in [1.29, 1.82) is 0 Å². The maximum atomic E-state index is 12.9. The molecule has 0 saturated heterocycles. The fourth-order valence-electron chi connectivity index (χ4n) is 7.49. The summed E-state index contributed by atoms with van der Waals surface area (Å²) in [6.45, 7) is 7.74. The van der Waals surface area contributed by atoms with Gasteiger partial charge in [-0.2, -0.15) is 0 Å². The lowest BCUT2D eigenvalue weighted by atomic mass is 9.45. The summed E-state index contributed by atoms with van der Waals surface area (Å²) in [5.74, 6) is -1.76. The molecule has 0 heterocycles. The molecule has 6 heteroatoms. The summed E-state index contributed by atoms with van der Waals surface area (Å²) in [4.78, 5) is 37.1. The van der Waals surface area contributed by atoms with Crippen LogP contribution in [0.5, 0.6) is 0 Å². The van der Waals surface area contributed by atoms with E-state index in [1.807, 2.05) is 13.0 Å². The molecule has 0 aromatic carbocycles. The van der Waals surface area contributed by atoms with Gasteiger partial charge in [0.25, 0.3) is 5.78 Å². The molecule has 4 rings (SSSR count). The fourth-order valence-corrected chi connectivity index (χ4v) is 7.49. The van der Waals surface area contributed by atoms with E-state index in [1.54, 1.807) is 19.1 Å². The molecular weight excluding hydrogens is 384 g/mol. The van der Waals surface area contributed by atoms with Crippen molar-refractivity contribution in [1.82, 2.24) is 0 Å². The zero-order chi connectivity index (χ0) is 22.1. The van der Waals surface area contributed by atoms with Gasteiger partial charge in [-0.25, -0.2) is 4.79 Å². The Morgan fingerprint density at radius 1 is 1.30 bits per heavy atom. The van der Waals surface area contributed by atoms with Crippen LogP contribution in [0.1, 0.15) is 53.4 Å². The number of ether oxygens (including phenoxy) is 1. The smallest absolute Gasteiger partial charge is 0.377 e. The molecule has 8 atom stereocenters. The van der Waals surface area contributed by atoms with Crippen LogP contribution in [-0.4, -0.2) is 46.1 Å². The molecule has 0 amide bonds. The molecule has 0 bridgehead atoms. The highest BCUT2D eigenvalue weighted by atomic mass is 16.5. The zero-order valence-electron chi connectivity index (χ0n) is 18.2. The molecule has 0 radical (unpaired) electrons. The summed E-state index contributed by atoms with van der Waals surface area (Å²) in [6, 6.07) is 0. The van der Waals surface area contributed by atoms with Gasteiger partial charge in [-0.3, -0.25) is 9.59 Å². The summed E-state index contributed by atoms with van der Waals surface area (Å²) in [5.41, 5.74) is -2.09. The third kappa shape index (κ3) is 2.65. The Morgan fingerprint density at radius 3 is 2.67 bits per heavy atom. The van der Waals surface area contributed by atoms with Gasteiger partial charge in [-0.05, 0) is 62.5 Å². The first-order valence-electron chi connectivity index (χ1n) is 11.1. The second-order valence-electron chi connectivity index (χ2n) is 10.2. The first-order valence-corrected chi connectivity index (χ1v) is 11.1. The lowest BCUT2D eigenvalue weighted by molar-refractivity contribution is -0.186. The fraction of sp³-hybridized carbons (Fsp3) is 0.708. The monoisotopic (exact) mass is 416 g/mol. The van der Waals surface area contributed by atoms with E-state index in [0.717, 1.165) is 12.0 Å². The molecule has 0 aromatic heterocycles. The Bertz CT molecular complexity index is 858. The van der Waals surface area contributed by atoms with Gasteiger partial charge in [-0.15, -0.1) is 0 Å². The number of carbonyl (C=O) groups excluding carboxylic acids is 3. The maximum Gasteiger partial charge on any atom is 0.377 e. The van der Waals surface area contributed by atoms with E-state index < -0.39 is 34.3 Å². The topological polar surface area (TPSA) is 101 Å². The number of aliphatic hydroxyl groups is 2. The highest BCUT2D eigenvalue weighted by Gasteiger charge is 2.69. The van der Waals surface area contributed by atoms with Crippen LogP contribution < -0.4 is 0 Å². The van der Waals surface area contributed by atoms with Crippen LogP contribution in [0, 0.1) is 34.5 Å². The number of esters is 1. The van der Waals surface area contributed by atoms with E-state index in [9.17, 15) is 24.6 Å². The molecule has 30 heavy (non-hydrogen) atoms. The van der Waals surface area contributed by atoms with Crippen LogP contribution in [-0.2, 0) is 19.1 Å². The van der Waals surface area contributed by atoms with Crippen LogP contribution in [0.3, 0.4) is 0 Å². The molecule has 0 aromatic rings. The van der Waals surface area contributed by atoms with Crippen molar-refractivity contribution in [2.45, 2.75) is 65.1 Å². The molecule has 4 aliphatic rings. The van der Waals surface area contributed by atoms with Crippen LogP contribution >= 0.6 is 0 Å². The molecule has 6 nitrogen and oxygen atoms in total. The van der Waals surface area contributed by atoms with Crippen molar-refractivity contribution in [3.8, 4) is 0 Å². The van der Waals surface area contributed by atoms with E-state index in [4.69, 9.17) is 4.74 Å². The third-order valence-corrected chi connectivity index (χ3v) is 8.81. The molecule has 0 unspecified atom stereocenters. The van der Waals surface area contributed by atoms with Crippen LogP contribution in [0.2, 0.25) is 0 Å². The molecular formula is C24H32O6. The molecule has 3 fully saturated rings. The molecule has 0 spiro atoms. The average molecular weight is 417 g/mol. The van der Waals surface area contributed by atoms with Gasteiger partial charge in [0, 0.05) is 16.7 Å². The Morgan fingerprint density at radius 2 is 2.00 bits per heavy atom. The molecule has 2 N–H and O–H groups in total. The first kappa shape index (κ1) is 21.4. The highest BCUT2D eigenvalue weighted by molar-refractivity contribution is 6.37. The number of ketones is 2. The van der Waals surface area contributed by atoms with E-state index >= 15 is 0 Å². The summed E-state index contributed by atoms with van der Waals surface area (Å²) in [6.07, 6.45) is 6.34. The number of carbonyl (C=O) groups is 3. The molecule has 0 aliphatic heterocycles. The molecule has 164 valence electrons. The van der Waals surface area contributed by atoms with Gasteiger partial charge in [0.05, 0.1) is 12.7 Å². The van der Waals surface area contributed by atoms with Gasteiger partial charge >= 0.3 is 5.97 Å². The van der Waals surface area contributed by atoms with Gasteiger partial charge in [0.15, 0.2) is 5.78 Å². The summed E-state index contributed by atoms with van der Waals surface area (Å²) >= 11 is 0. The minimum absolute atomic E-state index is 0.00105. The normalized spacial score (nSPS) is 47.1.